The maximum atomic E-state index is 13.0. The third-order valence-electron chi connectivity index (χ3n) is 5.13. The molecule has 0 radical (unpaired) electrons. The van der Waals surface area contributed by atoms with Crippen LogP contribution in [0.3, 0.4) is 0 Å². The predicted octanol–water partition coefficient (Wildman–Crippen LogP) is 4.28. The number of ether oxygens (including phenoxy) is 3. The minimum atomic E-state index is -0.319. The first-order valence-electron chi connectivity index (χ1n) is 9.88. The molecule has 0 aliphatic carbocycles. The maximum Gasteiger partial charge on any atom is 0.253 e. The van der Waals surface area contributed by atoms with Gasteiger partial charge in [-0.1, -0.05) is 23.2 Å². The minimum absolute atomic E-state index is 0.102. The zero-order chi connectivity index (χ0) is 22.0. The molecule has 1 unspecified atom stereocenters. The number of carbonyl (C=O) groups excluding carboxylic acids is 2. The second-order valence-electron chi connectivity index (χ2n) is 7.39. The Balaban J connectivity index is 1.41. The Hall–Kier alpha value is -2.54. The lowest BCUT2D eigenvalue weighted by Gasteiger charge is -2.34. The summed E-state index contributed by atoms with van der Waals surface area (Å²) in [5.74, 6) is 0.914. The Morgan fingerprint density at radius 3 is 2.74 bits per heavy atom. The largest absolute Gasteiger partial charge is 0.490 e. The van der Waals surface area contributed by atoms with Crippen molar-refractivity contribution in [3.8, 4) is 11.5 Å². The lowest BCUT2D eigenvalue weighted by atomic mass is 10.1. The fourth-order valence-electron chi connectivity index (χ4n) is 3.57. The number of halogens is 2. The summed E-state index contributed by atoms with van der Waals surface area (Å²) in [7, 11) is 0. The van der Waals surface area contributed by atoms with E-state index >= 15 is 0 Å². The monoisotopic (exact) mass is 461 g/mol. The molecular formula is C23H21Cl2NO5. The van der Waals surface area contributed by atoms with Crippen LogP contribution in [-0.2, 0) is 9.53 Å². The van der Waals surface area contributed by atoms with E-state index in [9.17, 15) is 9.59 Å². The van der Waals surface area contributed by atoms with E-state index in [1.165, 1.54) is 6.92 Å². The van der Waals surface area contributed by atoms with Crippen molar-refractivity contribution in [1.82, 2.24) is 4.90 Å². The van der Waals surface area contributed by atoms with Crippen LogP contribution in [0.5, 0.6) is 11.5 Å². The summed E-state index contributed by atoms with van der Waals surface area (Å²) < 4.78 is 17.3. The molecule has 2 aromatic carbocycles. The summed E-state index contributed by atoms with van der Waals surface area (Å²) in [6.45, 7) is 3.13. The van der Waals surface area contributed by atoms with Gasteiger partial charge in [0, 0.05) is 22.2 Å². The van der Waals surface area contributed by atoms with Crippen LogP contribution in [0.2, 0.25) is 10.0 Å². The van der Waals surface area contributed by atoms with Gasteiger partial charge >= 0.3 is 0 Å². The fourth-order valence-corrected chi connectivity index (χ4v) is 3.92. The summed E-state index contributed by atoms with van der Waals surface area (Å²) in [4.78, 5) is 26.6. The van der Waals surface area contributed by atoms with Crippen molar-refractivity contribution in [3.63, 3.8) is 0 Å². The Morgan fingerprint density at radius 2 is 1.94 bits per heavy atom. The Morgan fingerprint density at radius 1 is 1.16 bits per heavy atom. The summed E-state index contributed by atoms with van der Waals surface area (Å²) in [6, 6.07) is 10.2. The van der Waals surface area contributed by atoms with Crippen LogP contribution < -0.4 is 9.47 Å². The van der Waals surface area contributed by atoms with E-state index in [4.69, 9.17) is 37.4 Å². The molecule has 6 nitrogen and oxygen atoms in total. The topological polar surface area (TPSA) is 65.1 Å². The maximum absolute atomic E-state index is 13.0. The number of Topliss-reactive ketones (excluding diaryl/α,β-unsaturated/α-hetero) is 1. The Bertz CT molecular complexity index is 1050. The molecule has 2 aliphatic rings. The van der Waals surface area contributed by atoms with Gasteiger partial charge in [0.1, 0.15) is 30.8 Å². The van der Waals surface area contributed by atoms with Crippen LogP contribution in [0.25, 0.3) is 6.08 Å². The lowest BCUT2D eigenvalue weighted by molar-refractivity contribution is -0.136. The van der Waals surface area contributed by atoms with Crippen molar-refractivity contribution < 1.29 is 23.8 Å². The molecule has 1 fully saturated rings. The van der Waals surface area contributed by atoms with E-state index in [1.54, 1.807) is 41.3 Å². The molecule has 4 rings (SSSR count). The molecule has 1 atom stereocenters. The van der Waals surface area contributed by atoms with E-state index < -0.39 is 0 Å². The number of morpholine rings is 1. The third kappa shape index (κ3) is 5.03. The molecule has 0 saturated carbocycles. The molecular weight excluding hydrogens is 441 g/mol. The van der Waals surface area contributed by atoms with E-state index in [2.05, 4.69) is 0 Å². The van der Waals surface area contributed by atoms with E-state index in [0.29, 0.717) is 52.4 Å². The first-order chi connectivity index (χ1) is 14.9. The van der Waals surface area contributed by atoms with Crippen molar-refractivity contribution in [3.05, 3.63) is 63.1 Å². The lowest BCUT2D eigenvalue weighted by Crippen LogP contribution is -2.48. The van der Waals surface area contributed by atoms with Crippen LogP contribution in [0, 0.1) is 0 Å². The Labute approximate surface area is 190 Å². The average Bonchev–Trinajstić information content (AvgIpc) is 2.77. The summed E-state index contributed by atoms with van der Waals surface area (Å²) in [6.07, 6.45) is 1.50. The molecule has 0 N–H and O–H groups in total. The van der Waals surface area contributed by atoms with Gasteiger partial charge in [-0.15, -0.1) is 0 Å². The highest BCUT2D eigenvalue weighted by atomic mass is 35.5. The fraction of sp³-hybridized carbons (Fsp3) is 0.304. The second-order valence-corrected chi connectivity index (χ2v) is 8.26. The number of carbonyl (C=O) groups is 2. The highest BCUT2D eigenvalue weighted by molar-refractivity contribution is 6.31. The van der Waals surface area contributed by atoms with Gasteiger partial charge in [-0.25, -0.2) is 0 Å². The number of ketones is 1. The third-order valence-corrected chi connectivity index (χ3v) is 5.60. The molecule has 8 heteroatoms. The summed E-state index contributed by atoms with van der Waals surface area (Å²) in [5.41, 5.74) is 1.76. The summed E-state index contributed by atoms with van der Waals surface area (Å²) >= 11 is 12.0. The van der Waals surface area contributed by atoms with Gasteiger partial charge in [-0.3, -0.25) is 9.59 Å². The number of hydrogen-bond acceptors (Lipinski definition) is 5. The second kappa shape index (κ2) is 9.30. The zero-order valence-corrected chi connectivity index (χ0v) is 18.4. The molecule has 31 heavy (non-hydrogen) atoms. The number of hydrogen-bond donors (Lipinski definition) is 0. The predicted molar refractivity (Wildman–Crippen MR) is 118 cm³/mol. The summed E-state index contributed by atoms with van der Waals surface area (Å²) in [5, 5.41) is 1.05. The standard InChI is InChI=1S/C23H21Cl2NO5/c1-14(27)20-10-18(25)3-5-22(20)31-13-19-11-26(6-7-29-19)23(28)16-8-15-9-17(24)2-4-21(15)30-12-16/h2-5,8-10,19H,6-7,11-13H2,1H3. The smallest absolute Gasteiger partial charge is 0.253 e. The molecule has 2 heterocycles. The van der Waals surface area contributed by atoms with Crippen molar-refractivity contribution >= 4 is 41.0 Å². The van der Waals surface area contributed by atoms with Crippen LogP contribution in [-0.4, -0.2) is 55.6 Å². The first kappa shape index (κ1) is 21.7. The number of rotatable bonds is 5. The average molecular weight is 462 g/mol. The van der Waals surface area contributed by atoms with Crippen molar-refractivity contribution in [2.24, 2.45) is 0 Å². The first-order valence-corrected chi connectivity index (χ1v) is 10.6. The SMILES string of the molecule is CC(=O)c1cc(Cl)ccc1OCC1CN(C(=O)C2=Cc3cc(Cl)ccc3OC2)CCO1. The van der Waals surface area contributed by atoms with Crippen molar-refractivity contribution in [2.75, 3.05) is 32.9 Å². The number of benzene rings is 2. The van der Waals surface area contributed by atoms with E-state index in [0.717, 1.165) is 5.56 Å². The van der Waals surface area contributed by atoms with Gasteiger partial charge < -0.3 is 19.1 Å². The molecule has 2 aromatic rings. The van der Waals surface area contributed by atoms with Crippen LogP contribution in [0.15, 0.2) is 42.0 Å². The number of amides is 1. The van der Waals surface area contributed by atoms with Gasteiger partial charge in [0.05, 0.1) is 24.3 Å². The highest BCUT2D eigenvalue weighted by Gasteiger charge is 2.28. The zero-order valence-electron chi connectivity index (χ0n) is 16.9. The van der Waals surface area contributed by atoms with Crippen molar-refractivity contribution in [1.29, 1.82) is 0 Å². The van der Waals surface area contributed by atoms with Gasteiger partial charge in [0.15, 0.2) is 5.78 Å². The molecule has 0 aromatic heterocycles. The van der Waals surface area contributed by atoms with Crippen LogP contribution >= 0.6 is 23.2 Å². The highest BCUT2D eigenvalue weighted by Crippen LogP contribution is 2.30. The van der Waals surface area contributed by atoms with Gasteiger partial charge in [0.2, 0.25) is 0 Å². The van der Waals surface area contributed by atoms with Crippen LogP contribution in [0.1, 0.15) is 22.8 Å². The normalized spacial score (nSPS) is 18.0. The number of nitrogens with zero attached hydrogens (tertiary/aromatic N) is 1. The van der Waals surface area contributed by atoms with Crippen molar-refractivity contribution in [2.45, 2.75) is 13.0 Å². The molecule has 0 bridgehead atoms. The van der Waals surface area contributed by atoms with Gasteiger partial charge in [0.25, 0.3) is 5.91 Å². The quantitative estimate of drug-likeness (QED) is 0.621. The Kier molecular flexibility index (Phi) is 6.51. The van der Waals surface area contributed by atoms with Crippen LogP contribution in [0.4, 0.5) is 0 Å². The molecule has 162 valence electrons. The molecule has 1 amide bonds. The van der Waals surface area contributed by atoms with Gasteiger partial charge in [-0.05, 0) is 49.4 Å². The molecule has 1 saturated heterocycles. The minimum Gasteiger partial charge on any atom is -0.490 e. The number of fused-ring (bicyclic) bond motifs is 1. The van der Waals surface area contributed by atoms with E-state index in [-0.39, 0.29) is 31.0 Å². The molecule has 2 aliphatic heterocycles. The molecule has 0 spiro atoms. The van der Waals surface area contributed by atoms with Gasteiger partial charge in [-0.2, -0.15) is 0 Å². The van der Waals surface area contributed by atoms with E-state index in [1.807, 2.05) is 6.08 Å².